The molecular formula is C29H18O. The van der Waals surface area contributed by atoms with E-state index >= 15 is 0 Å². The lowest BCUT2D eigenvalue weighted by molar-refractivity contribution is 0.104. The van der Waals surface area contributed by atoms with E-state index in [0.29, 0.717) is 0 Å². The number of hydrogen-bond donors (Lipinski definition) is 0. The van der Waals surface area contributed by atoms with Gasteiger partial charge in [0.05, 0.1) is 0 Å². The first-order valence-corrected chi connectivity index (χ1v) is 10.2. The molecule has 1 aliphatic rings. The van der Waals surface area contributed by atoms with Gasteiger partial charge in [0.25, 0.3) is 0 Å². The smallest absolute Gasteiger partial charge is 0.194 e. The van der Waals surface area contributed by atoms with Gasteiger partial charge in [0.1, 0.15) is 0 Å². The largest absolute Gasteiger partial charge is 0.289 e. The highest BCUT2D eigenvalue weighted by Gasteiger charge is 2.34. The van der Waals surface area contributed by atoms with Crippen LogP contribution in [-0.4, -0.2) is 5.78 Å². The van der Waals surface area contributed by atoms with Crippen molar-refractivity contribution in [3.63, 3.8) is 0 Å². The molecule has 1 aliphatic carbocycles. The summed E-state index contributed by atoms with van der Waals surface area (Å²) in [5.41, 5.74) is 8.07. The van der Waals surface area contributed by atoms with Crippen LogP contribution in [0.25, 0.3) is 44.2 Å². The molecule has 5 aromatic carbocycles. The van der Waals surface area contributed by atoms with Gasteiger partial charge in [-0.25, -0.2) is 0 Å². The van der Waals surface area contributed by atoms with E-state index in [2.05, 4.69) is 66.7 Å². The van der Waals surface area contributed by atoms with Crippen LogP contribution in [0.15, 0.2) is 109 Å². The highest BCUT2D eigenvalue weighted by molar-refractivity contribution is 6.31. The van der Waals surface area contributed by atoms with Crippen molar-refractivity contribution in [1.82, 2.24) is 0 Å². The van der Waals surface area contributed by atoms with Crippen LogP contribution in [0.4, 0.5) is 0 Å². The third-order valence-electron chi connectivity index (χ3n) is 6.01. The maximum atomic E-state index is 13.7. The van der Waals surface area contributed by atoms with Crippen LogP contribution < -0.4 is 0 Å². The number of carbonyl (C=O) groups is 1. The number of ketones is 1. The third-order valence-corrected chi connectivity index (χ3v) is 6.01. The molecule has 0 saturated carbocycles. The van der Waals surface area contributed by atoms with Gasteiger partial charge < -0.3 is 0 Å². The van der Waals surface area contributed by atoms with Gasteiger partial charge >= 0.3 is 0 Å². The highest BCUT2D eigenvalue weighted by atomic mass is 16.1. The van der Waals surface area contributed by atoms with E-state index in [-0.39, 0.29) is 5.78 Å². The summed E-state index contributed by atoms with van der Waals surface area (Å²) in [5.74, 6) is 0.113. The van der Waals surface area contributed by atoms with Gasteiger partial charge in [0.15, 0.2) is 5.78 Å². The van der Waals surface area contributed by atoms with Crippen LogP contribution >= 0.6 is 0 Å². The second-order valence-electron chi connectivity index (χ2n) is 7.65. The Morgan fingerprint density at radius 2 is 0.800 bits per heavy atom. The Kier molecular flexibility index (Phi) is 3.69. The summed E-state index contributed by atoms with van der Waals surface area (Å²) in [6.45, 7) is 0. The molecule has 1 heteroatoms. The van der Waals surface area contributed by atoms with Crippen LogP contribution in [0.3, 0.4) is 0 Å². The van der Waals surface area contributed by atoms with Gasteiger partial charge in [-0.15, -0.1) is 0 Å². The van der Waals surface area contributed by atoms with Gasteiger partial charge in [0, 0.05) is 22.3 Å². The van der Waals surface area contributed by atoms with Crippen molar-refractivity contribution in [2.75, 3.05) is 0 Å². The van der Waals surface area contributed by atoms with Gasteiger partial charge in [-0.05, 0) is 33.0 Å². The van der Waals surface area contributed by atoms with E-state index < -0.39 is 0 Å². The third kappa shape index (κ3) is 2.33. The molecule has 0 aromatic heterocycles. The maximum Gasteiger partial charge on any atom is 0.194 e. The summed E-state index contributed by atoms with van der Waals surface area (Å²) in [7, 11) is 0. The monoisotopic (exact) mass is 382 g/mol. The van der Waals surface area contributed by atoms with Crippen LogP contribution in [0.5, 0.6) is 0 Å². The van der Waals surface area contributed by atoms with Crippen LogP contribution in [-0.2, 0) is 0 Å². The maximum absolute atomic E-state index is 13.7. The summed E-state index contributed by atoms with van der Waals surface area (Å²) in [6, 6.07) is 37.2. The van der Waals surface area contributed by atoms with Crippen molar-refractivity contribution < 1.29 is 4.79 Å². The minimum absolute atomic E-state index is 0.113. The van der Waals surface area contributed by atoms with E-state index in [0.717, 1.165) is 49.9 Å². The molecular weight excluding hydrogens is 364 g/mol. The standard InChI is InChI=1S/C29H18O/c30-29-24-18-10-9-17-23(24)27-25(19-11-3-1-4-12-19)21-15-7-8-16-22(21)26(28(27)29)20-13-5-2-6-14-20/h1-18H. The van der Waals surface area contributed by atoms with Crippen molar-refractivity contribution >= 4 is 16.6 Å². The minimum Gasteiger partial charge on any atom is -0.289 e. The Balaban J connectivity index is 1.87. The molecule has 0 spiro atoms. The second kappa shape index (κ2) is 6.53. The zero-order valence-electron chi connectivity index (χ0n) is 16.3. The molecule has 30 heavy (non-hydrogen) atoms. The minimum atomic E-state index is 0.113. The Morgan fingerprint density at radius 3 is 1.37 bits per heavy atom. The summed E-state index contributed by atoms with van der Waals surface area (Å²) in [5, 5.41) is 2.29. The molecule has 0 N–H and O–H groups in total. The summed E-state index contributed by atoms with van der Waals surface area (Å²) < 4.78 is 0. The fourth-order valence-electron chi connectivity index (χ4n) is 4.78. The fourth-order valence-corrected chi connectivity index (χ4v) is 4.78. The molecule has 0 heterocycles. The molecule has 0 atom stereocenters. The fraction of sp³-hybridized carbons (Fsp3) is 0. The first kappa shape index (κ1) is 16.9. The molecule has 0 bridgehead atoms. The average molecular weight is 382 g/mol. The van der Waals surface area contributed by atoms with E-state index in [4.69, 9.17) is 0 Å². The van der Waals surface area contributed by atoms with Gasteiger partial charge in [-0.3, -0.25) is 4.79 Å². The summed E-state index contributed by atoms with van der Waals surface area (Å²) in [4.78, 5) is 13.7. The Hall–Kier alpha value is -3.97. The second-order valence-corrected chi connectivity index (χ2v) is 7.65. The molecule has 1 nitrogen and oxygen atoms in total. The highest BCUT2D eigenvalue weighted by Crippen LogP contribution is 2.51. The Labute approximate surface area is 175 Å². The number of carbonyl (C=O) groups excluding carboxylic acids is 1. The van der Waals surface area contributed by atoms with E-state index in [1.165, 1.54) is 5.39 Å². The Morgan fingerprint density at radius 1 is 0.367 bits per heavy atom. The molecule has 0 unspecified atom stereocenters. The molecule has 0 radical (unpaired) electrons. The van der Waals surface area contributed by atoms with Crippen LogP contribution in [0.1, 0.15) is 15.9 Å². The van der Waals surface area contributed by atoms with Crippen LogP contribution in [0, 0.1) is 0 Å². The molecule has 5 aromatic rings. The number of rotatable bonds is 2. The van der Waals surface area contributed by atoms with Crippen LogP contribution in [0.2, 0.25) is 0 Å². The van der Waals surface area contributed by atoms with E-state index in [9.17, 15) is 4.79 Å². The topological polar surface area (TPSA) is 17.1 Å². The quantitative estimate of drug-likeness (QED) is 0.305. The molecule has 6 rings (SSSR count). The van der Waals surface area contributed by atoms with Gasteiger partial charge in [0.2, 0.25) is 0 Å². The zero-order chi connectivity index (χ0) is 20.1. The van der Waals surface area contributed by atoms with E-state index in [1.54, 1.807) is 0 Å². The first-order valence-electron chi connectivity index (χ1n) is 10.2. The summed E-state index contributed by atoms with van der Waals surface area (Å²) in [6.07, 6.45) is 0. The Bertz CT molecular complexity index is 1430. The van der Waals surface area contributed by atoms with Crippen molar-refractivity contribution in [1.29, 1.82) is 0 Å². The molecule has 0 saturated heterocycles. The molecule has 0 fully saturated rings. The average Bonchev–Trinajstić information content (AvgIpc) is 3.11. The lowest BCUT2D eigenvalue weighted by Gasteiger charge is -2.19. The molecule has 0 aliphatic heterocycles. The number of hydrogen-bond acceptors (Lipinski definition) is 1. The first-order chi connectivity index (χ1) is 14.8. The SMILES string of the molecule is O=C1c2ccccc2-c2c1c(-c1ccccc1)c1ccccc1c2-c1ccccc1. The zero-order valence-corrected chi connectivity index (χ0v) is 16.3. The van der Waals surface area contributed by atoms with Gasteiger partial charge in [-0.1, -0.05) is 109 Å². The van der Waals surface area contributed by atoms with Crippen molar-refractivity contribution in [2.45, 2.75) is 0 Å². The van der Waals surface area contributed by atoms with Crippen molar-refractivity contribution in [2.24, 2.45) is 0 Å². The summed E-state index contributed by atoms with van der Waals surface area (Å²) >= 11 is 0. The lowest BCUT2D eigenvalue weighted by Crippen LogP contribution is -2.00. The van der Waals surface area contributed by atoms with Crippen molar-refractivity contribution in [3.05, 3.63) is 120 Å². The van der Waals surface area contributed by atoms with E-state index in [1.807, 2.05) is 42.5 Å². The van der Waals surface area contributed by atoms with Gasteiger partial charge in [-0.2, -0.15) is 0 Å². The number of benzene rings is 5. The molecule has 140 valence electrons. The molecule has 0 amide bonds. The predicted octanol–water partition coefficient (Wildman–Crippen LogP) is 7.39. The normalized spacial score (nSPS) is 12.1. The predicted molar refractivity (Wildman–Crippen MR) is 124 cm³/mol. The lowest BCUT2D eigenvalue weighted by atomic mass is 9.83. The number of fused-ring (bicyclic) bond motifs is 4. The van der Waals surface area contributed by atoms with Crippen molar-refractivity contribution in [3.8, 4) is 33.4 Å².